The maximum atomic E-state index is 5.03. The normalized spacial score (nSPS) is 14.8. The van der Waals surface area contributed by atoms with Gasteiger partial charge in [0.25, 0.3) is 0 Å². The highest BCUT2D eigenvalue weighted by atomic mass is 14.8. The van der Waals surface area contributed by atoms with Crippen LogP contribution in [0.1, 0.15) is 82.1 Å². The summed E-state index contributed by atoms with van der Waals surface area (Å²) in [5, 5.41) is 0. The molecular weight excluding hydrogens is 424 g/mol. The third kappa shape index (κ3) is 21.2. The Morgan fingerprint density at radius 2 is 1.66 bits per heavy atom. The predicted molar refractivity (Wildman–Crippen MR) is 165 cm³/mol. The van der Waals surface area contributed by atoms with E-state index in [-0.39, 0.29) is 0 Å². The van der Waals surface area contributed by atoms with Gasteiger partial charge in [0.15, 0.2) is 0 Å². The number of rotatable bonds is 8. The molecule has 0 saturated carbocycles. The summed E-state index contributed by atoms with van der Waals surface area (Å²) in [7, 11) is 0. The molecule has 0 amide bonds. The van der Waals surface area contributed by atoms with Gasteiger partial charge in [-0.15, -0.1) is 0 Å². The van der Waals surface area contributed by atoms with Crippen molar-refractivity contribution in [2.45, 2.75) is 82.1 Å². The summed E-state index contributed by atoms with van der Waals surface area (Å²) in [6, 6.07) is 0. The van der Waals surface area contributed by atoms with E-state index in [0.717, 1.165) is 12.8 Å². The minimum absolute atomic E-state index is 1.02. The van der Waals surface area contributed by atoms with Crippen LogP contribution in [0, 0.1) is 0 Å². The molecule has 0 aromatic carbocycles. The number of aliphatic imine (C=N–C) groups is 1. The fourth-order valence-corrected chi connectivity index (χ4v) is 2.71. The number of hydrogen-bond donors (Lipinski definition) is 1. The average Bonchev–Trinajstić information content (AvgIpc) is 3.04. The quantitative estimate of drug-likeness (QED) is 0.211. The monoisotopic (exact) mass is 476 g/mol. The highest BCUT2D eigenvalue weighted by Crippen LogP contribution is 2.21. The molecule has 0 fully saturated rings. The molecule has 0 aromatic rings. The molecule has 0 atom stereocenters. The molecule has 1 aliphatic carbocycles. The minimum atomic E-state index is 1.02. The molecule has 194 valence electrons. The first-order valence-corrected chi connectivity index (χ1v) is 12.8. The van der Waals surface area contributed by atoms with E-state index in [4.69, 9.17) is 5.73 Å². The van der Waals surface area contributed by atoms with E-state index >= 15 is 0 Å². The Kier molecular flexibility index (Phi) is 28.2. The molecule has 0 unspecified atom stereocenters. The van der Waals surface area contributed by atoms with Gasteiger partial charge in [-0.05, 0) is 75.8 Å². The van der Waals surface area contributed by atoms with Crippen molar-refractivity contribution in [1.29, 1.82) is 0 Å². The second kappa shape index (κ2) is 27.1. The lowest BCUT2D eigenvalue weighted by atomic mass is 10.0. The van der Waals surface area contributed by atoms with E-state index in [1.165, 1.54) is 39.8 Å². The Labute approximate surface area is 218 Å². The van der Waals surface area contributed by atoms with Crippen LogP contribution in [-0.4, -0.2) is 6.34 Å². The SMILES string of the molecule is C=C\C(=C/C=C(C)/C=C/C1=C(C)C=CCC=C1C)CC.CC.CC.C\C=C/C(C)=C\C=C\N=CN. The molecular formula is C33H52N2. The van der Waals surface area contributed by atoms with Gasteiger partial charge in [-0.25, -0.2) is 4.99 Å². The number of hydrogen-bond acceptors (Lipinski definition) is 1. The Morgan fingerprint density at radius 1 is 1.03 bits per heavy atom. The molecule has 35 heavy (non-hydrogen) atoms. The van der Waals surface area contributed by atoms with Crippen LogP contribution in [0.25, 0.3) is 0 Å². The first-order valence-electron chi connectivity index (χ1n) is 12.8. The second-order valence-electron chi connectivity index (χ2n) is 7.22. The van der Waals surface area contributed by atoms with E-state index in [2.05, 4.69) is 81.8 Å². The molecule has 0 radical (unpaired) electrons. The van der Waals surface area contributed by atoms with Crippen molar-refractivity contribution in [3.63, 3.8) is 0 Å². The van der Waals surface area contributed by atoms with Crippen molar-refractivity contribution in [2.24, 2.45) is 10.7 Å². The van der Waals surface area contributed by atoms with Crippen LogP contribution in [0.2, 0.25) is 0 Å². The predicted octanol–water partition coefficient (Wildman–Crippen LogP) is 10.3. The molecule has 2 N–H and O–H groups in total. The summed E-state index contributed by atoms with van der Waals surface area (Å²) in [6.45, 7) is 24.5. The molecule has 0 aromatic heterocycles. The molecule has 2 heteroatoms. The van der Waals surface area contributed by atoms with Crippen molar-refractivity contribution in [1.82, 2.24) is 0 Å². The zero-order valence-corrected chi connectivity index (χ0v) is 24.2. The summed E-state index contributed by atoms with van der Waals surface area (Å²) in [6.07, 6.45) is 30.1. The van der Waals surface area contributed by atoms with E-state index in [1.54, 1.807) is 6.20 Å². The summed E-state index contributed by atoms with van der Waals surface area (Å²) in [4.78, 5) is 3.71. The van der Waals surface area contributed by atoms with E-state index in [9.17, 15) is 0 Å². The lowest BCUT2D eigenvalue weighted by Gasteiger charge is -2.04. The van der Waals surface area contributed by atoms with Crippen molar-refractivity contribution < 1.29 is 0 Å². The van der Waals surface area contributed by atoms with Gasteiger partial charge >= 0.3 is 0 Å². The number of allylic oxidation sites excluding steroid dienone is 18. The summed E-state index contributed by atoms with van der Waals surface area (Å²) in [5.41, 5.74) is 12.7. The van der Waals surface area contributed by atoms with Crippen LogP contribution < -0.4 is 5.73 Å². The number of nitrogens with zero attached hydrogens (tertiary/aromatic N) is 1. The van der Waals surface area contributed by atoms with Gasteiger partial charge in [0.2, 0.25) is 0 Å². The van der Waals surface area contributed by atoms with Crippen molar-refractivity contribution in [2.75, 3.05) is 0 Å². The van der Waals surface area contributed by atoms with Crippen LogP contribution in [-0.2, 0) is 0 Å². The third-order valence-electron chi connectivity index (χ3n) is 4.57. The Hall–Kier alpha value is -3.13. The summed E-state index contributed by atoms with van der Waals surface area (Å²) < 4.78 is 0. The van der Waals surface area contributed by atoms with Gasteiger partial charge in [-0.3, -0.25) is 0 Å². The molecule has 0 heterocycles. The number of nitrogens with two attached hydrogens (primary N) is 1. The van der Waals surface area contributed by atoms with Crippen molar-refractivity contribution >= 4 is 6.34 Å². The first-order chi connectivity index (χ1) is 16.9. The highest BCUT2D eigenvalue weighted by molar-refractivity contribution is 5.52. The molecule has 1 rings (SSSR count). The van der Waals surface area contributed by atoms with Gasteiger partial charge in [-0.2, -0.15) is 0 Å². The molecule has 2 nitrogen and oxygen atoms in total. The molecule has 0 bridgehead atoms. The fourth-order valence-electron chi connectivity index (χ4n) is 2.71. The zero-order chi connectivity index (χ0) is 27.5. The maximum absolute atomic E-state index is 5.03. The minimum Gasteiger partial charge on any atom is -0.390 e. The summed E-state index contributed by atoms with van der Waals surface area (Å²) >= 11 is 0. The second-order valence-corrected chi connectivity index (χ2v) is 7.22. The molecule has 0 aliphatic heterocycles. The summed E-state index contributed by atoms with van der Waals surface area (Å²) in [5.74, 6) is 0. The largest absolute Gasteiger partial charge is 0.390 e. The van der Waals surface area contributed by atoms with E-state index < -0.39 is 0 Å². The lowest BCUT2D eigenvalue weighted by molar-refractivity contribution is 1.15. The smallest absolute Gasteiger partial charge is 0.0852 e. The molecule has 1 aliphatic rings. The van der Waals surface area contributed by atoms with Gasteiger partial charge < -0.3 is 5.73 Å². The van der Waals surface area contributed by atoms with Gasteiger partial charge in [0, 0.05) is 6.20 Å². The van der Waals surface area contributed by atoms with Crippen molar-refractivity contribution in [3.8, 4) is 0 Å². The van der Waals surface area contributed by atoms with Crippen molar-refractivity contribution in [3.05, 3.63) is 119 Å². The van der Waals surface area contributed by atoms with Gasteiger partial charge in [-0.1, -0.05) is 119 Å². The standard InChI is InChI=1S/C20H26.C9H14N2.2C2H6/c1-6-19(7-2)14-12-16(3)13-15-20-17(4)10-8-9-11-18(20)5;1-3-5-9(2)6-4-7-11-8-10;2*1-2/h6,8,10-15H,1,7,9H2,2-5H3;3-8H,1-2H3,(H2,10,11);2*1-2H3/b15-13+,16-12+,19-14+;5-3-,7-4+,9-6-;;. The lowest BCUT2D eigenvalue weighted by Crippen LogP contribution is -1.85. The average molecular weight is 477 g/mol. The van der Waals surface area contributed by atoms with Gasteiger partial charge in [0.05, 0.1) is 6.34 Å². The van der Waals surface area contributed by atoms with Gasteiger partial charge in [0.1, 0.15) is 0 Å². The Bertz CT molecular complexity index is 861. The topological polar surface area (TPSA) is 38.4 Å². The third-order valence-corrected chi connectivity index (χ3v) is 4.57. The first kappa shape index (κ1) is 36.4. The zero-order valence-electron chi connectivity index (χ0n) is 24.2. The van der Waals surface area contributed by atoms with Crippen LogP contribution in [0.4, 0.5) is 0 Å². The fraction of sp³-hybridized carbons (Fsp3) is 0.364. The van der Waals surface area contributed by atoms with Crippen LogP contribution in [0.5, 0.6) is 0 Å². The van der Waals surface area contributed by atoms with Crippen LogP contribution >= 0.6 is 0 Å². The van der Waals surface area contributed by atoms with E-state index in [0.29, 0.717) is 0 Å². The molecule has 0 saturated heterocycles. The van der Waals surface area contributed by atoms with Crippen LogP contribution in [0.3, 0.4) is 0 Å². The van der Waals surface area contributed by atoms with Crippen LogP contribution in [0.15, 0.2) is 124 Å². The molecule has 0 spiro atoms. The highest BCUT2D eigenvalue weighted by Gasteiger charge is 2.01. The Balaban J connectivity index is -0.000000579. The Morgan fingerprint density at radius 3 is 2.20 bits per heavy atom. The maximum Gasteiger partial charge on any atom is 0.0852 e. The van der Waals surface area contributed by atoms with E-state index in [1.807, 2.05) is 71.9 Å².